The zero-order valence-corrected chi connectivity index (χ0v) is 15.3. The van der Waals surface area contributed by atoms with E-state index in [1.165, 1.54) is 41.3 Å². The van der Waals surface area contributed by atoms with Crippen molar-refractivity contribution in [2.45, 2.75) is 31.6 Å². The zero-order chi connectivity index (χ0) is 20.9. The predicted octanol–water partition coefficient (Wildman–Crippen LogP) is 4.55. The number of benzene rings is 2. The summed E-state index contributed by atoms with van der Waals surface area (Å²) in [6, 6.07) is 10.2. The monoisotopic (exact) mass is 413 g/mol. The van der Waals surface area contributed by atoms with Gasteiger partial charge in [-0.3, -0.25) is 4.79 Å². The Hall–Kier alpha value is -2.79. The second kappa shape index (κ2) is 8.93. The highest BCUT2D eigenvalue weighted by atomic mass is 35.5. The third-order valence-electron chi connectivity index (χ3n) is 4.09. The van der Waals surface area contributed by atoms with Crippen LogP contribution in [0.1, 0.15) is 24.0 Å². The number of hydrogen-bond acceptors (Lipinski definition) is 3. The van der Waals surface area contributed by atoms with Crippen LogP contribution in [-0.2, 0) is 11.3 Å². The summed E-state index contributed by atoms with van der Waals surface area (Å²) < 4.78 is 52.4. The Balaban J connectivity index is 2.42. The van der Waals surface area contributed by atoms with Crippen molar-refractivity contribution >= 4 is 23.2 Å². The number of carbonyl (C=O) groups is 1. The predicted molar refractivity (Wildman–Crippen MR) is 97.0 cm³/mol. The molecule has 0 saturated carbocycles. The lowest BCUT2D eigenvalue weighted by molar-refractivity contribution is -0.138. The number of alkyl halides is 3. The van der Waals surface area contributed by atoms with E-state index >= 15 is 0 Å². The second-order valence-electron chi connectivity index (χ2n) is 6.09. The molecule has 1 amide bonds. The van der Waals surface area contributed by atoms with Crippen LogP contribution in [0.15, 0.2) is 42.5 Å². The second-order valence-corrected chi connectivity index (χ2v) is 6.53. The highest BCUT2D eigenvalue weighted by molar-refractivity contribution is 6.30. The number of rotatable bonds is 7. The number of hydrogen-bond donors (Lipinski definition) is 1. The SMILES string of the molecule is N#Cc1ccc(CN(c2ccc(Cl)cc2)C(CCC(F)(F)F)C(N)=O)c(F)c1. The van der Waals surface area contributed by atoms with Gasteiger partial charge in [0.2, 0.25) is 5.91 Å². The largest absolute Gasteiger partial charge is 0.389 e. The van der Waals surface area contributed by atoms with E-state index in [-0.39, 0.29) is 17.7 Å². The number of carbonyl (C=O) groups excluding carboxylic acids is 1. The van der Waals surface area contributed by atoms with Gasteiger partial charge in [0.15, 0.2) is 0 Å². The molecule has 0 heterocycles. The van der Waals surface area contributed by atoms with Crippen molar-refractivity contribution in [3.05, 3.63) is 64.4 Å². The van der Waals surface area contributed by atoms with Crippen LogP contribution < -0.4 is 10.6 Å². The molecule has 0 saturated heterocycles. The van der Waals surface area contributed by atoms with Gasteiger partial charge in [0.05, 0.1) is 11.6 Å². The molecule has 2 aromatic rings. The van der Waals surface area contributed by atoms with Gasteiger partial charge in [-0.25, -0.2) is 4.39 Å². The first-order valence-electron chi connectivity index (χ1n) is 8.17. The Morgan fingerprint density at radius 3 is 2.36 bits per heavy atom. The minimum atomic E-state index is -4.47. The van der Waals surface area contributed by atoms with Crippen molar-refractivity contribution in [1.29, 1.82) is 5.26 Å². The van der Waals surface area contributed by atoms with Gasteiger partial charge >= 0.3 is 6.18 Å². The minimum Gasteiger partial charge on any atom is -0.368 e. The highest BCUT2D eigenvalue weighted by Crippen LogP contribution is 2.28. The number of amides is 1. The van der Waals surface area contributed by atoms with Gasteiger partial charge in [0, 0.05) is 29.2 Å². The first-order valence-corrected chi connectivity index (χ1v) is 8.55. The molecule has 2 rings (SSSR count). The quantitative estimate of drug-likeness (QED) is 0.677. The summed E-state index contributed by atoms with van der Waals surface area (Å²) in [6.07, 6.45) is -6.28. The van der Waals surface area contributed by atoms with Crippen LogP contribution in [0.4, 0.5) is 23.2 Å². The van der Waals surface area contributed by atoms with Gasteiger partial charge in [-0.1, -0.05) is 17.7 Å². The molecular formula is C19H16ClF4N3O. The van der Waals surface area contributed by atoms with Crippen LogP contribution in [0.2, 0.25) is 5.02 Å². The van der Waals surface area contributed by atoms with E-state index in [0.717, 1.165) is 6.07 Å². The number of nitrogens with two attached hydrogens (primary N) is 1. The molecule has 0 aliphatic carbocycles. The van der Waals surface area contributed by atoms with Crippen LogP contribution in [0.5, 0.6) is 0 Å². The summed E-state index contributed by atoms with van der Waals surface area (Å²) >= 11 is 5.85. The average molecular weight is 414 g/mol. The van der Waals surface area contributed by atoms with E-state index < -0.39 is 36.8 Å². The maximum atomic E-state index is 14.3. The first-order chi connectivity index (χ1) is 13.1. The van der Waals surface area contributed by atoms with E-state index in [0.29, 0.717) is 10.7 Å². The van der Waals surface area contributed by atoms with Crippen LogP contribution in [0.3, 0.4) is 0 Å². The molecule has 0 radical (unpaired) electrons. The zero-order valence-electron chi connectivity index (χ0n) is 14.5. The van der Waals surface area contributed by atoms with Crippen molar-refractivity contribution in [2.24, 2.45) is 5.73 Å². The van der Waals surface area contributed by atoms with Crippen molar-refractivity contribution in [2.75, 3.05) is 4.90 Å². The Labute approximate surface area is 164 Å². The highest BCUT2D eigenvalue weighted by Gasteiger charge is 2.33. The van der Waals surface area contributed by atoms with Crippen LogP contribution in [-0.4, -0.2) is 18.1 Å². The molecule has 0 spiro atoms. The third-order valence-corrected chi connectivity index (χ3v) is 4.34. The lowest BCUT2D eigenvalue weighted by atomic mass is 10.0. The number of anilines is 1. The van der Waals surface area contributed by atoms with E-state index in [9.17, 15) is 22.4 Å². The van der Waals surface area contributed by atoms with Crippen molar-refractivity contribution in [3.63, 3.8) is 0 Å². The number of primary amides is 1. The van der Waals surface area contributed by atoms with Gasteiger partial charge in [0.1, 0.15) is 11.9 Å². The smallest absolute Gasteiger partial charge is 0.368 e. The Kier molecular flexibility index (Phi) is 6.86. The third kappa shape index (κ3) is 5.86. The van der Waals surface area contributed by atoms with Crippen molar-refractivity contribution in [1.82, 2.24) is 0 Å². The maximum Gasteiger partial charge on any atom is 0.389 e. The van der Waals surface area contributed by atoms with Crippen molar-refractivity contribution < 1.29 is 22.4 Å². The molecule has 148 valence electrons. The normalized spacial score (nSPS) is 12.3. The fourth-order valence-electron chi connectivity index (χ4n) is 2.69. The fourth-order valence-corrected chi connectivity index (χ4v) is 2.82. The summed E-state index contributed by atoms with van der Waals surface area (Å²) in [5, 5.41) is 9.23. The number of halogens is 5. The number of nitriles is 1. The summed E-state index contributed by atoms with van der Waals surface area (Å²) in [5.74, 6) is -1.68. The molecule has 1 unspecified atom stereocenters. The van der Waals surface area contributed by atoms with Gasteiger partial charge in [-0.2, -0.15) is 18.4 Å². The first kappa shape index (κ1) is 21.5. The molecule has 1 atom stereocenters. The summed E-state index contributed by atoms with van der Waals surface area (Å²) in [5.41, 5.74) is 5.92. The van der Waals surface area contributed by atoms with E-state index in [4.69, 9.17) is 22.6 Å². The van der Waals surface area contributed by atoms with Crippen LogP contribution >= 0.6 is 11.6 Å². The molecule has 2 N–H and O–H groups in total. The molecule has 28 heavy (non-hydrogen) atoms. The molecular weight excluding hydrogens is 398 g/mol. The molecule has 0 aliphatic rings. The lowest BCUT2D eigenvalue weighted by Crippen LogP contribution is -2.45. The van der Waals surface area contributed by atoms with Gasteiger partial charge in [-0.15, -0.1) is 0 Å². The minimum absolute atomic E-state index is 0.0998. The summed E-state index contributed by atoms with van der Waals surface area (Å²) in [4.78, 5) is 13.2. The lowest BCUT2D eigenvalue weighted by Gasteiger charge is -2.32. The van der Waals surface area contributed by atoms with Crippen LogP contribution in [0, 0.1) is 17.1 Å². The molecule has 4 nitrogen and oxygen atoms in total. The average Bonchev–Trinajstić information content (AvgIpc) is 2.61. The molecule has 0 fully saturated rings. The fraction of sp³-hybridized carbons (Fsp3) is 0.263. The van der Waals surface area contributed by atoms with Gasteiger partial charge < -0.3 is 10.6 Å². The van der Waals surface area contributed by atoms with Crippen molar-refractivity contribution in [3.8, 4) is 6.07 Å². The molecule has 9 heteroatoms. The molecule has 2 aromatic carbocycles. The summed E-state index contributed by atoms with van der Waals surface area (Å²) in [6.45, 7) is -0.218. The van der Waals surface area contributed by atoms with E-state index in [2.05, 4.69) is 0 Å². The Morgan fingerprint density at radius 1 is 1.21 bits per heavy atom. The molecule has 0 bridgehead atoms. The Morgan fingerprint density at radius 2 is 1.86 bits per heavy atom. The maximum absolute atomic E-state index is 14.3. The molecule has 0 aliphatic heterocycles. The topological polar surface area (TPSA) is 70.1 Å². The summed E-state index contributed by atoms with van der Waals surface area (Å²) in [7, 11) is 0. The Bertz CT molecular complexity index is 878. The molecule has 0 aromatic heterocycles. The number of nitrogens with zero attached hydrogens (tertiary/aromatic N) is 2. The van der Waals surface area contributed by atoms with Gasteiger partial charge in [0.25, 0.3) is 0 Å². The van der Waals surface area contributed by atoms with Crippen LogP contribution in [0.25, 0.3) is 0 Å². The standard InChI is InChI=1S/C19H16ClF4N3O/c20-14-3-5-15(6-4-14)27(17(18(26)28)7-8-19(22,23)24)11-13-2-1-12(10-25)9-16(13)21/h1-6,9,17H,7-8,11H2,(H2,26,28). The van der Waals surface area contributed by atoms with E-state index in [1.807, 2.05) is 0 Å². The van der Waals surface area contributed by atoms with E-state index in [1.54, 1.807) is 6.07 Å². The van der Waals surface area contributed by atoms with Gasteiger partial charge in [-0.05, 0) is 42.8 Å².